The summed E-state index contributed by atoms with van der Waals surface area (Å²) in [6.07, 6.45) is 6.78. The zero-order valence-corrected chi connectivity index (χ0v) is 22.0. The highest BCUT2D eigenvalue weighted by molar-refractivity contribution is 7.92. The van der Waals surface area contributed by atoms with E-state index in [1.54, 1.807) is 24.3 Å². The lowest BCUT2D eigenvalue weighted by Crippen LogP contribution is -2.24. The molecule has 3 aliphatic rings. The number of aromatic nitrogens is 1. The van der Waals surface area contributed by atoms with E-state index in [0.29, 0.717) is 48.4 Å². The van der Waals surface area contributed by atoms with E-state index in [1.807, 2.05) is 6.07 Å². The van der Waals surface area contributed by atoms with E-state index in [2.05, 4.69) is 10.3 Å². The summed E-state index contributed by atoms with van der Waals surface area (Å²) in [5.41, 5.74) is 2.10. The van der Waals surface area contributed by atoms with E-state index in [0.717, 1.165) is 30.4 Å². The number of carbonyl (C=O) groups is 3. The number of anilines is 1. The molecule has 2 N–H and O–H groups in total. The number of halogens is 1. The molecule has 1 heterocycles. The van der Waals surface area contributed by atoms with Crippen LogP contribution in [0.15, 0.2) is 41.4 Å². The van der Waals surface area contributed by atoms with Crippen molar-refractivity contribution in [3.63, 3.8) is 0 Å². The predicted molar refractivity (Wildman–Crippen MR) is 140 cm³/mol. The molecule has 1 aromatic heterocycles. The Kier molecular flexibility index (Phi) is 8.04. The minimum atomic E-state index is -3.35. The number of nitrogens with zero attached hydrogens (tertiary/aromatic N) is 1. The summed E-state index contributed by atoms with van der Waals surface area (Å²) in [6.45, 7) is 0. The summed E-state index contributed by atoms with van der Waals surface area (Å²) >= 11 is 0. The molecule has 3 fully saturated rings. The molecule has 0 bridgehead atoms. The highest BCUT2D eigenvalue weighted by atomic mass is 35.5. The molecule has 0 unspecified atom stereocenters. The second-order valence-electron chi connectivity index (χ2n) is 10.4. The summed E-state index contributed by atoms with van der Waals surface area (Å²) in [5.74, 6) is -0.967. The molecule has 0 radical (unpaired) electrons. The van der Waals surface area contributed by atoms with E-state index in [4.69, 9.17) is 5.11 Å². The van der Waals surface area contributed by atoms with Gasteiger partial charge in [-0.3, -0.25) is 14.4 Å². The van der Waals surface area contributed by atoms with Gasteiger partial charge in [0.1, 0.15) is 11.6 Å². The zero-order chi connectivity index (χ0) is 25.4. The van der Waals surface area contributed by atoms with Crippen LogP contribution in [0.25, 0.3) is 0 Å². The number of pyridine rings is 1. The second kappa shape index (κ2) is 10.9. The fourth-order valence-corrected chi connectivity index (χ4v) is 7.05. The van der Waals surface area contributed by atoms with Crippen molar-refractivity contribution in [2.45, 2.75) is 79.8 Å². The lowest BCUT2D eigenvalue weighted by atomic mass is 9.86. The van der Waals surface area contributed by atoms with Crippen molar-refractivity contribution in [2.24, 2.45) is 5.92 Å². The normalized spacial score (nSPS) is 20.2. The summed E-state index contributed by atoms with van der Waals surface area (Å²) in [7, 11) is -3.35. The Bertz CT molecular complexity index is 1300. The van der Waals surface area contributed by atoms with E-state index in [9.17, 15) is 22.8 Å². The summed E-state index contributed by atoms with van der Waals surface area (Å²) in [5, 5.41) is 11.5. The third kappa shape index (κ3) is 6.38. The Morgan fingerprint density at radius 2 is 1.84 bits per heavy atom. The molecule has 0 spiro atoms. The van der Waals surface area contributed by atoms with Crippen LogP contribution in [0.1, 0.15) is 79.9 Å². The van der Waals surface area contributed by atoms with Crippen molar-refractivity contribution in [2.75, 3.05) is 5.32 Å². The van der Waals surface area contributed by atoms with Crippen LogP contribution in [-0.2, 0) is 30.6 Å². The molecule has 5 rings (SSSR count). The standard InChI is InChI=1S/C27H30N2O6S.ClH/c30-20-6-1-16(11-20)12-23(27(33)29-25-10-2-17(15-28-25)13-26(31)32)19-5-9-24(22(14-19)18-3-4-18)36(34,35)21-7-8-21;/h2,5,9-10,14-16,18,21,23H,1,3-4,6-8,11-13H2,(H,31,32)(H,28,29,33);1H/t16-,23+;/m0./s1. The first kappa shape index (κ1) is 27.3. The van der Waals surface area contributed by atoms with E-state index in [1.165, 1.54) is 6.20 Å². The average Bonchev–Trinajstić information content (AvgIpc) is 3.75. The Labute approximate surface area is 222 Å². The van der Waals surface area contributed by atoms with Crippen molar-refractivity contribution in [1.29, 1.82) is 0 Å². The van der Waals surface area contributed by atoms with Crippen molar-refractivity contribution in [1.82, 2.24) is 4.98 Å². The average molecular weight is 547 g/mol. The number of sulfone groups is 1. The van der Waals surface area contributed by atoms with Gasteiger partial charge in [0.15, 0.2) is 9.84 Å². The Morgan fingerprint density at radius 3 is 2.41 bits per heavy atom. The summed E-state index contributed by atoms with van der Waals surface area (Å²) in [4.78, 5) is 40.9. The van der Waals surface area contributed by atoms with Crippen LogP contribution in [0, 0.1) is 5.92 Å². The topological polar surface area (TPSA) is 130 Å². The van der Waals surface area contributed by atoms with Gasteiger partial charge in [0.2, 0.25) is 5.91 Å². The minimum Gasteiger partial charge on any atom is -0.481 e. The highest BCUT2D eigenvalue weighted by Crippen LogP contribution is 2.47. The molecular weight excluding hydrogens is 516 g/mol. The molecule has 0 aliphatic heterocycles. The Hall–Kier alpha value is -2.78. The smallest absolute Gasteiger partial charge is 0.307 e. The predicted octanol–water partition coefficient (Wildman–Crippen LogP) is 4.43. The first-order chi connectivity index (χ1) is 17.2. The molecule has 198 valence electrons. The molecule has 8 nitrogen and oxygen atoms in total. The molecule has 2 aromatic rings. The number of benzene rings is 1. The van der Waals surface area contributed by atoms with Gasteiger partial charge in [0, 0.05) is 19.0 Å². The Balaban J connectivity index is 0.00000320. The fraction of sp³-hybridized carbons (Fsp3) is 0.481. The zero-order valence-electron chi connectivity index (χ0n) is 20.4. The first-order valence-electron chi connectivity index (χ1n) is 12.6. The first-order valence-corrected chi connectivity index (χ1v) is 14.1. The van der Waals surface area contributed by atoms with Gasteiger partial charge in [0.25, 0.3) is 0 Å². The van der Waals surface area contributed by atoms with E-state index < -0.39 is 21.7 Å². The van der Waals surface area contributed by atoms with Gasteiger partial charge in [-0.15, -0.1) is 12.4 Å². The van der Waals surface area contributed by atoms with Gasteiger partial charge in [-0.2, -0.15) is 0 Å². The highest BCUT2D eigenvalue weighted by Gasteiger charge is 2.41. The maximum absolute atomic E-state index is 13.5. The Morgan fingerprint density at radius 1 is 1.08 bits per heavy atom. The number of ketones is 1. The van der Waals surface area contributed by atoms with E-state index in [-0.39, 0.29) is 47.6 Å². The van der Waals surface area contributed by atoms with Gasteiger partial charge < -0.3 is 10.4 Å². The number of amides is 1. The van der Waals surface area contributed by atoms with Gasteiger partial charge in [-0.1, -0.05) is 18.2 Å². The number of nitrogens with one attached hydrogen (secondary N) is 1. The maximum atomic E-state index is 13.5. The summed E-state index contributed by atoms with van der Waals surface area (Å²) < 4.78 is 26.1. The number of carbonyl (C=O) groups excluding carboxylic acids is 2. The molecular formula is C27H31ClN2O6S. The molecule has 3 saturated carbocycles. The monoisotopic (exact) mass is 546 g/mol. The van der Waals surface area contributed by atoms with Crippen LogP contribution in [-0.4, -0.2) is 41.4 Å². The van der Waals surface area contributed by atoms with Crippen molar-refractivity contribution in [3.05, 3.63) is 53.2 Å². The van der Waals surface area contributed by atoms with Gasteiger partial charge in [0.05, 0.1) is 22.5 Å². The third-order valence-corrected chi connectivity index (χ3v) is 9.72. The van der Waals surface area contributed by atoms with Crippen LogP contribution < -0.4 is 5.32 Å². The molecule has 37 heavy (non-hydrogen) atoms. The minimum absolute atomic E-state index is 0. The fourth-order valence-electron chi connectivity index (χ4n) is 5.13. The molecule has 2 atom stereocenters. The molecule has 10 heteroatoms. The molecule has 0 saturated heterocycles. The number of hydrogen-bond acceptors (Lipinski definition) is 6. The lowest BCUT2D eigenvalue weighted by molar-refractivity contribution is -0.136. The van der Waals surface area contributed by atoms with Crippen LogP contribution in [0.2, 0.25) is 0 Å². The van der Waals surface area contributed by atoms with Crippen molar-refractivity contribution >= 4 is 45.7 Å². The van der Waals surface area contributed by atoms with Gasteiger partial charge in [-0.25, -0.2) is 13.4 Å². The van der Waals surface area contributed by atoms with Crippen molar-refractivity contribution in [3.8, 4) is 0 Å². The van der Waals surface area contributed by atoms with Crippen LogP contribution in [0.4, 0.5) is 5.82 Å². The number of hydrogen-bond donors (Lipinski definition) is 2. The third-order valence-electron chi connectivity index (χ3n) is 7.39. The largest absolute Gasteiger partial charge is 0.481 e. The van der Waals surface area contributed by atoms with Crippen LogP contribution in [0.3, 0.4) is 0 Å². The SMILES string of the molecule is Cl.O=C(O)Cc1ccc(NC(=O)[C@H](C[C@H]2CCC(=O)C2)c2ccc(S(=O)(=O)C3CC3)c(C3CC3)c2)nc1. The lowest BCUT2D eigenvalue weighted by Gasteiger charge is -2.22. The van der Waals surface area contributed by atoms with Crippen LogP contribution >= 0.6 is 12.4 Å². The van der Waals surface area contributed by atoms with E-state index >= 15 is 0 Å². The second-order valence-corrected chi connectivity index (χ2v) is 12.6. The summed E-state index contributed by atoms with van der Waals surface area (Å²) in [6, 6.07) is 8.52. The van der Waals surface area contributed by atoms with Gasteiger partial charge in [-0.05, 0) is 79.2 Å². The van der Waals surface area contributed by atoms with Crippen LogP contribution in [0.5, 0.6) is 0 Å². The molecule has 1 aromatic carbocycles. The van der Waals surface area contributed by atoms with Crippen molar-refractivity contribution < 1.29 is 27.9 Å². The number of Topliss-reactive ketones (excluding diaryl/α,β-unsaturated/α-hetero) is 1. The quantitative estimate of drug-likeness (QED) is 0.451. The van der Waals surface area contributed by atoms with Gasteiger partial charge >= 0.3 is 5.97 Å². The number of carboxylic acid groups (broad SMARTS) is 1. The number of carboxylic acids is 1. The molecule has 1 amide bonds. The molecule has 3 aliphatic carbocycles. The number of aliphatic carboxylic acids is 1. The maximum Gasteiger partial charge on any atom is 0.307 e. The number of rotatable bonds is 10.